The van der Waals surface area contributed by atoms with E-state index in [0.717, 1.165) is 47.8 Å². The Bertz CT molecular complexity index is 941. The minimum Gasteiger partial charge on any atom is -0.493 e. The van der Waals surface area contributed by atoms with Crippen molar-refractivity contribution in [2.24, 2.45) is 11.8 Å². The van der Waals surface area contributed by atoms with E-state index in [0.29, 0.717) is 17.0 Å². The first-order valence-electron chi connectivity index (χ1n) is 12.4. The second kappa shape index (κ2) is 12.3. The van der Waals surface area contributed by atoms with E-state index in [9.17, 15) is 10.5 Å². The van der Waals surface area contributed by atoms with Crippen LogP contribution in [0.15, 0.2) is 36.4 Å². The van der Waals surface area contributed by atoms with Gasteiger partial charge in [-0.15, -0.1) is 0 Å². The topological polar surface area (TPSA) is 56.8 Å². The smallest absolute Gasteiger partial charge is 0.119 e. The van der Waals surface area contributed by atoms with Gasteiger partial charge in [-0.25, -0.2) is 0 Å². The summed E-state index contributed by atoms with van der Waals surface area (Å²) >= 11 is 0. The Morgan fingerprint density at radius 2 is 1.50 bits per heavy atom. The van der Waals surface area contributed by atoms with E-state index >= 15 is 0 Å². The van der Waals surface area contributed by atoms with Crippen LogP contribution in [0.4, 0.5) is 0 Å². The number of nitriles is 2. The molecule has 0 aliphatic heterocycles. The Morgan fingerprint density at radius 1 is 0.812 bits per heavy atom. The van der Waals surface area contributed by atoms with Crippen molar-refractivity contribution in [2.45, 2.75) is 78.1 Å². The molecule has 0 saturated heterocycles. The molecule has 1 aliphatic rings. The van der Waals surface area contributed by atoms with Gasteiger partial charge in [-0.05, 0) is 54.4 Å². The Hall–Kier alpha value is -2.78. The second-order valence-corrected chi connectivity index (χ2v) is 9.21. The van der Waals surface area contributed by atoms with Gasteiger partial charge in [-0.3, -0.25) is 0 Å². The van der Waals surface area contributed by atoms with Crippen LogP contribution in [0.1, 0.15) is 88.3 Å². The van der Waals surface area contributed by atoms with Crippen LogP contribution >= 0.6 is 0 Å². The van der Waals surface area contributed by atoms with Gasteiger partial charge in [0, 0.05) is 5.56 Å². The predicted octanol–water partition coefficient (Wildman–Crippen LogP) is 7.81. The first kappa shape index (κ1) is 23.9. The fraction of sp³-hybridized carbons (Fsp3) is 0.517. The van der Waals surface area contributed by atoms with Crippen LogP contribution in [-0.2, 0) is 6.42 Å². The Kier molecular flexibility index (Phi) is 9.18. The number of hydrogen-bond donors (Lipinski definition) is 0. The fourth-order valence-electron chi connectivity index (χ4n) is 4.92. The van der Waals surface area contributed by atoms with Crippen molar-refractivity contribution in [2.75, 3.05) is 6.61 Å². The zero-order chi connectivity index (χ0) is 22.8. The van der Waals surface area contributed by atoms with Crippen molar-refractivity contribution in [1.82, 2.24) is 0 Å². The lowest BCUT2D eigenvalue weighted by Gasteiger charge is -2.28. The maximum absolute atomic E-state index is 9.72. The maximum atomic E-state index is 9.72. The summed E-state index contributed by atoms with van der Waals surface area (Å²) in [6.45, 7) is 5.14. The van der Waals surface area contributed by atoms with Gasteiger partial charge in [0.25, 0.3) is 0 Å². The molecule has 0 atom stereocenters. The highest BCUT2D eigenvalue weighted by Gasteiger charge is 2.21. The zero-order valence-electron chi connectivity index (χ0n) is 19.7. The number of aryl methyl sites for hydroxylation is 1. The van der Waals surface area contributed by atoms with Gasteiger partial charge in [0.1, 0.15) is 17.9 Å². The lowest BCUT2D eigenvalue weighted by molar-refractivity contribution is 0.177. The molecule has 168 valence electrons. The summed E-state index contributed by atoms with van der Waals surface area (Å²) in [4.78, 5) is 0. The van der Waals surface area contributed by atoms with Gasteiger partial charge in [0.15, 0.2) is 0 Å². The summed E-state index contributed by atoms with van der Waals surface area (Å²) in [5.41, 5.74) is 3.70. The van der Waals surface area contributed by atoms with Crippen LogP contribution in [0.5, 0.6) is 5.75 Å². The maximum Gasteiger partial charge on any atom is 0.119 e. The number of benzene rings is 2. The third kappa shape index (κ3) is 6.14. The van der Waals surface area contributed by atoms with E-state index in [1.165, 1.54) is 51.4 Å². The molecule has 0 spiro atoms. The summed E-state index contributed by atoms with van der Waals surface area (Å²) in [6.07, 6.45) is 12.5. The minimum absolute atomic E-state index is 0.475. The number of unbranched alkanes of at least 4 members (excludes halogenated alkanes) is 2. The highest BCUT2D eigenvalue weighted by atomic mass is 16.5. The SMILES string of the molecule is CCCCC[C@H]1CC[C@H](COc2ccc(-c3ccc(CCC)c(C#N)c3C#N)cc2)CC1. The van der Waals surface area contributed by atoms with E-state index in [4.69, 9.17) is 4.74 Å². The molecule has 2 aromatic rings. The van der Waals surface area contributed by atoms with Crippen molar-refractivity contribution < 1.29 is 4.74 Å². The van der Waals surface area contributed by atoms with Crippen molar-refractivity contribution in [3.63, 3.8) is 0 Å². The molecule has 2 aromatic carbocycles. The molecule has 32 heavy (non-hydrogen) atoms. The molecule has 0 aromatic heterocycles. The standard InChI is InChI=1S/C29H36N2O/c1-3-5-6-8-22-9-11-23(12-10-22)21-32-26-16-13-25(14-17-26)27-18-15-24(7-4-2)28(19-30)29(27)20-31/h13-18,22-23H,3-12,21H2,1-2H3/t22-,23-. The molecule has 0 bridgehead atoms. The van der Waals surface area contributed by atoms with Crippen LogP contribution < -0.4 is 4.74 Å². The summed E-state index contributed by atoms with van der Waals surface area (Å²) in [6, 6.07) is 16.4. The molecule has 0 heterocycles. The first-order valence-corrected chi connectivity index (χ1v) is 12.4. The molecule has 0 amide bonds. The molecule has 3 heteroatoms. The number of rotatable bonds is 10. The van der Waals surface area contributed by atoms with Gasteiger partial charge in [-0.2, -0.15) is 10.5 Å². The molecule has 0 N–H and O–H groups in total. The summed E-state index contributed by atoms with van der Waals surface area (Å²) in [7, 11) is 0. The quantitative estimate of drug-likeness (QED) is 0.362. The third-order valence-corrected chi connectivity index (χ3v) is 6.87. The minimum atomic E-state index is 0.475. The van der Waals surface area contributed by atoms with Crippen LogP contribution in [0.25, 0.3) is 11.1 Å². The Balaban J connectivity index is 1.58. The monoisotopic (exact) mass is 428 g/mol. The van der Waals surface area contributed by atoms with Gasteiger partial charge < -0.3 is 4.74 Å². The highest BCUT2D eigenvalue weighted by molar-refractivity contribution is 5.75. The lowest BCUT2D eigenvalue weighted by Crippen LogP contribution is -2.20. The van der Waals surface area contributed by atoms with E-state index < -0.39 is 0 Å². The van der Waals surface area contributed by atoms with E-state index in [1.807, 2.05) is 36.4 Å². The predicted molar refractivity (Wildman–Crippen MR) is 130 cm³/mol. The lowest BCUT2D eigenvalue weighted by atomic mass is 9.80. The van der Waals surface area contributed by atoms with Crippen LogP contribution in [0.2, 0.25) is 0 Å². The van der Waals surface area contributed by atoms with Crippen LogP contribution in [0, 0.1) is 34.5 Å². The Morgan fingerprint density at radius 3 is 2.12 bits per heavy atom. The van der Waals surface area contributed by atoms with Crippen LogP contribution in [0.3, 0.4) is 0 Å². The van der Waals surface area contributed by atoms with E-state index in [2.05, 4.69) is 26.0 Å². The van der Waals surface area contributed by atoms with Crippen molar-refractivity contribution in [3.05, 3.63) is 53.1 Å². The van der Waals surface area contributed by atoms with E-state index in [-0.39, 0.29) is 0 Å². The average molecular weight is 429 g/mol. The average Bonchev–Trinajstić information content (AvgIpc) is 2.84. The molecule has 1 saturated carbocycles. The summed E-state index contributed by atoms with van der Waals surface area (Å²) in [5, 5.41) is 19.3. The van der Waals surface area contributed by atoms with Gasteiger partial charge in [-0.1, -0.05) is 83.1 Å². The first-order chi connectivity index (χ1) is 15.7. The largest absolute Gasteiger partial charge is 0.493 e. The zero-order valence-corrected chi connectivity index (χ0v) is 19.7. The fourth-order valence-corrected chi connectivity index (χ4v) is 4.92. The van der Waals surface area contributed by atoms with E-state index in [1.54, 1.807) is 0 Å². The van der Waals surface area contributed by atoms with Gasteiger partial charge in [0.2, 0.25) is 0 Å². The third-order valence-electron chi connectivity index (χ3n) is 6.87. The molecule has 1 fully saturated rings. The van der Waals surface area contributed by atoms with Crippen molar-refractivity contribution in [3.8, 4) is 29.0 Å². The summed E-state index contributed by atoms with van der Waals surface area (Å²) < 4.78 is 6.11. The summed E-state index contributed by atoms with van der Waals surface area (Å²) in [5.74, 6) is 2.46. The number of hydrogen-bond acceptors (Lipinski definition) is 3. The Labute approximate surface area is 194 Å². The molecule has 3 nitrogen and oxygen atoms in total. The van der Waals surface area contributed by atoms with Crippen molar-refractivity contribution >= 4 is 0 Å². The second-order valence-electron chi connectivity index (χ2n) is 9.21. The molecular weight excluding hydrogens is 392 g/mol. The molecule has 3 rings (SSSR count). The normalized spacial score (nSPS) is 18.0. The van der Waals surface area contributed by atoms with Gasteiger partial charge >= 0.3 is 0 Å². The van der Waals surface area contributed by atoms with Crippen molar-refractivity contribution in [1.29, 1.82) is 10.5 Å². The highest BCUT2D eigenvalue weighted by Crippen LogP contribution is 2.33. The van der Waals surface area contributed by atoms with Crippen LogP contribution in [-0.4, -0.2) is 6.61 Å². The van der Waals surface area contributed by atoms with Gasteiger partial charge in [0.05, 0.1) is 17.7 Å². The number of ether oxygens (including phenoxy) is 1. The number of nitrogens with zero attached hydrogens (tertiary/aromatic N) is 2. The molecule has 1 aliphatic carbocycles. The molecular formula is C29H36N2O. The molecule has 0 unspecified atom stereocenters. The molecule has 0 radical (unpaired) electrons.